The molecule has 1 heterocycles. The molecule has 0 saturated carbocycles. The average Bonchev–Trinajstić information content (AvgIpc) is 2.75. The van der Waals surface area contributed by atoms with Crippen molar-refractivity contribution >= 4 is 29.9 Å². The van der Waals surface area contributed by atoms with Gasteiger partial charge in [-0.3, -0.25) is 4.90 Å². The van der Waals surface area contributed by atoms with Gasteiger partial charge in [-0.15, -0.1) is 24.0 Å². The molecule has 1 aliphatic rings. The molecule has 1 fully saturated rings. The van der Waals surface area contributed by atoms with E-state index in [0.29, 0.717) is 19.2 Å². The van der Waals surface area contributed by atoms with Crippen LogP contribution in [0.2, 0.25) is 0 Å². The first-order valence-electron chi connectivity index (χ1n) is 10.6. The lowest BCUT2D eigenvalue weighted by atomic mass is 10.0. The number of nitrogens with one attached hydrogen (secondary N) is 2. The molecule has 0 spiro atoms. The number of hydrogen-bond donors (Lipinski definition) is 2. The maximum absolute atomic E-state index is 5.17. The number of piperidine rings is 1. The Labute approximate surface area is 198 Å². The summed E-state index contributed by atoms with van der Waals surface area (Å²) < 4.78 is 5.17. The Morgan fingerprint density at radius 3 is 2.30 bits per heavy atom. The Kier molecular flexibility index (Phi) is 11.2. The second kappa shape index (κ2) is 13.6. The van der Waals surface area contributed by atoms with Gasteiger partial charge in [0.25, 0.3) is 0 Å². The zero-order valence-electron chi connectivity index (χ0n) is 18.1. The van der Waals surface area contributed by atoms with Crippen LogP contribution < -0.4 is 10.6 Å². The van der Waals surface area contributed by atoms with Gasteiger partial charge in [-0.1, -0.05) is 54.6 Å². The summed E-state index contributed by atoms with van der Waals surface area (Å²) in [7, 11) is 1.72. The first-order valence-corrected chi connectivity index (χ1v) is 10.6. The highest BCUT2D eigenvalue weighted by molar-refractivity contribution is 14.0. The zero-order chi connectivity index (χ0) is 20.3. The summed E-state index contributed by atoms with van der Waals surface area (Å²) in [5.41, 5.74) is 3.79. The minimum Gasteiger partial charge on any atom is -0.380 e. The lowest BCUT2D eigenvalue weighted by Crippen LogP contribution is -2.48. The number of aliphatic imine (C=N–C) groups is 1. The highest BCUT2D eigenvalue weighted by Gasteiger charge is 2.20. The summed E-state index contributed by atoms with van der Waals surface area (Å²) in [5.74, 6) is 0.912. The summed E-state index contributed by atoms with van der Waals surface area (Å²) in [6, 6.07) is 19.7. The number of likely N-dealkylation sites (tertiary alicyclic amines) is 1. The van der Waals surface area contributed by atoms with Crippen LogP contribution in [0, 0.1) is 0 Å². The SMILES string of the molecule is CCNC(=NCc1ccc(COC)cc1)NC1CCN(Cc2ccccc2)CC1.I. The van der Waals surface area contributed by atoms with Crippen LogP contribution in [0.15, 0.2) is 59.6 Å². The maximum Gasteiger partial charge on any atom is 0.191 e. The number of hydrogen-bond acceptors (Lipinski definition) is 3. The molecular formula is C24H35IN4O. The second-order valence-electron chi connectivity index (χ2n) is 7.63. The Morgan fingerprint density at radius 1 is 1.00 bits per heavy atom. The first-order chi connectivity index (χ1) is 14.3. The summed E-state index contributed by atoms with van der Waals surface area (Å²) >= 11 is 0. The van der Waals surface area contributed by atoms with Gasteiger partial charge in [0.15, 0.2) is 5.96 Å². The van der Waals surface area contributed by atoms with E-state index in [1.807, 2.05) is 0 Å². The molecule has 5 nitrogen and oxygen atoms in total. The molecule has 0 atom stereocenters. The molecule has 2 N–H and O–H groups in total. The van der Waals surface area contributed by atoms with Crippen LogP contribution >= 0.6 is 24.0 Å². The Balaban J connectivity index is 0.00000320. The smallest absolute Gasteiger partial charge is 0.191 e. The molecule has 0 radical (unpaired) electrons. The number of benzene rings is 2. The fourth-order valence-electron chi connectivity index (χ4n) is 3.67. The van der Waals surface area contributed by atoms with Crippen molar-refractivity contribution in [2.75, 3.05) is 26.7 Å². The van der Waals surface area contributed by atoms with Crippen molar-refractivity contribution in [2.24, 2.45) is 4.99 Å². The fraction of sp³-hybridized carbons (Fsp3) is 0.458. The van der Waals surface area contributed by atoms with E-state index in [-0.39, 0.29) is 24.0 Å². The quantitative estimate of drug-likeness (QED) is 0.311. The molecule has 1 aliphatic heterocycles. The number of rotatable bonds is 8. The van der Waals surface area contributed by atoms with E-state index in [4.69, 9.17) is 9.73 Å². The summed E-state index contributed by atoms with van der Waals surface area (Å²) in [5, 5.41) is 7.02. The molecule has 3 rings (SSSR count). The molecule has 6 heteroatoms. The van der Waals surface area contributed by atoms with Gasteiger partial charge in [0.1, 0.15) is 0 Å². The number of halogens is 1. The minimum atomic E-state index is 0. The Morgan fingerprint density at radius 2 is 1.67 bits per heavy atom. The number of ether oxygens (including phenoxy) is 1. The molecule has 2 aromatic rings. The zero-order valence-corrected chi connectivity index (χ0v) is 20.5. The molecule has 0 unspecified atom stereocenters. The highest BCUT2D eigenvalue weighted by atomic mass is 127. The largest absolute Gasteiger partial charge is 0.380 e. The van der Waals surface area contributed by atoms with Gasteiger partial charge in [-0.2, -0.15) is 0 Å². The number of guanidine groups is 1. The van der Waals surface area contributed by atoms with Crippen LogP contribution in [0.25, 0.3) is 0 Å². The topological polar surface area (TPSA) is 48.9 Å². The van der Waals surface area contributed by atoms with E-state index in [2.05, 4.69) is 77.1 Å². The normalized spacial score (nSPS) is 15.5. The van der Waals surface area contributed by atoms with Crippen molar-refractivity contribution in [1.82, 2.24) is 15.5 Å². The standard InChI is InChI=1S/C24H34N4O.HI/c1-3-25-24(26-17-20-9-11-22(12-10-20)19-29-2)27-23-13-15-28(16-14-23)18-21-7-5-4-6-8-21;/h4-12,23H,3,13-19H2,1-2H3,(H2,25,26,27);1H. The second-order valence-corrected chi connectivity index (χ2v) is 7.63. The van der Waals surface area contributed by atoms with E-state index in [9.17, 15) is 0 Å². The van der Waals surface area contributed by atoms with Crippen molar-refractivity contribution in [2.45, 2.75) is 45.5 Å². The van der Waals surface area contributed by atoms with Gasteiger partial charge < -0.3 is 15.4 Å². The average molecular weight is 522 g/mol. The van der Waals surface area contributed by atoms with Crippen molar-refractivity contribution in [1.29, 1.82) is 0 Å². The van der Waals surface area contributed by atoms with E-state index >= 15 is 0 Å². The number of nitrogens with zero attached hydrogens (tertiary/aromatic N) is 2. The predicted octanol–water partition coefficient (Wildman–Crippen LogP) is 4.17. The van der Waals surface area contributed by atoms with Crippen LogP contribution in [0.4, 0.5) is 0 Å². The van der Waals surface area contributed by atoms with Crippen molar-refractivity contribution in [3.05, 3.63) is 71.3 Å². The Hall–Kier alpha value is -1.64. The monoisotopic (exact) mass is 522 g/mol. The molecule has 164 valence electrons. The number of methoxy groups -OCH3 is 1. The van der Waals surface area contributed by atoms with E-state index < -0.39 is 0 Å². The molecule has 30 heavy (non-hydrogen) atoms. The summed E-state index contributed by atoms with van der Waals surface area (Å²) in [4.78, 5) is 7.33. The predicted molar refractivity (Wildman–Crippen MR) is 135 cm³/mol. The summed E-state index contributed by atoms with van der Waals surface area (Å²) in [6.07, 6.45) is 2.28. The van der Waals surface area contributed by atoms with Crippen LogP contribution in [0.5, 0.6) is 0 Å². The molecule has 0 aliphatic carbocycles. The Bertz CT molecular complexity index is 744. The molecule has 0 aromatic heterocycles. The third-order valence-corrected chi connectivity index (χ3v) is 5.28. The molecule has 2 aromatic carbocycles. The van der Waals surface area contributed by atoms with Crippen LogP contribution in [0.3, 0.4) is 0 Å². The minimum absolute atomic E-state index is 0. The third kappa shape index (κ3) is 8.24. The van der Waals surface area contributed by atoms with Gasteiger partial charge in [0, 0.05) is 39.3 Å². The van der Waals surface area contributed by atoms with Gasteiger partial charge in [0.2, 0.25) is 0 Å². The van der Waals surface area contributed by atoms with Crippen molar-refractivity contribution in [3.63, 3.8) is 0 Å². The van der Waals surface area contributed by atoms with E-state index in [0.717, 1.165) is 45.0 Å². The molecular weight excluding hydrogens is 487 g/mol. The molecule has 1 saturated heterocycles. The lowest BCUT2D eigenvalue weighted by Gasteiger charge is -2.33. The van der Waals surface area contributed by atoms with Gasteiger partial charge in [0.05, 0.1) is 13.2 Å². The molecule has 0 bridgehead atoms. The first kappa shape index (κ1) is 24.6. The van der Waals surface area contributed by atoms with Gasteiger partial charge >= 0.3 is 0 Å². The summed E-state index contributed by atoms with van der Waals surface area (Å²) in [6.45, 7) is 7.58. The highest BCUT2D eigenvalue weighted by Crippen LogP contribution is 2.14. The van der Waals surface area contributed by atoms with Crippen LogP contribution in [-0.2, 0) is 24.4 Å². The van der Waals surface area contributed by atoms with E-state index in [1.54, 1.807) is 7.11 Å². The van der Waals surface area contributed by atoms with E-state index in [1.165, 1.54) is 16.7 Å². The van der Waals surface area contributed by atoms with Gasteiger partial charge in [-0.05, 0) is 36.5 Å². The van der Waals surface area contributed by atoms with Crippen molar-refractivity contribution in [3.8, 4) is 0 Å². The fourth-order valence-corrected chi connectivity index (χ4v) is 3.67. The van der Waals surface area contributed by atoms with Gasteiger partial charge in [-0.25, -0.2) is 4.99 Å². The van der Waals surface area contributed by atoms with Crippen LogP contribution in [-0.4, -0.2) is 43.6 Å². The van der Waals surface area contributed by atoms with Crippen molar-refractivity contribution < 1.29 is 4.74 Å². The third-order valence-electron chi connectivity index (χ3n) is 5.28. The molecule has 0 amide bonds. The lowest BCUT2D eigenvalue weighted by molar-refractivity contribution is 0.185. The maximum atomic E-state index is 5.17. The van der Waals surface area contributed by atoms with Crippen LogP contribution in [0.1, 0.15) is 36.5 Å².